The summed E-state index contributed by atoms with van der Waals surface area (Å²) < 4.78 is 16.3. The molecule has 1 aliphatic carbocycles. The van der Waals surface area contributed by atoms with Crippen LogP contribution in [0.1, 0.15) is 57.3 Å². The summed E-state index contributed by atoms with van der Waals surface area (Å²) in [5, 5.41) is 4.10. The molecule has 0 radical (unpaired) electrons. The fraction of sp³-hybridized carbons (Fsp3) is 0.857. The molecule has 1 aromatic rings. The van der Waals surface area contributed by atoms with E-state index in [9.17, 15) is 0 Å². The second-order valence-corrected chi connectivity index (χ2v) is 6.28. The van der Waals surface area contributed by atoms with Crippen molar-refractivity contribution in [1.29, 1.82) is 0 Å². The van der Waals surface area contributed by atoms with Crippen molar-refractivity contribution in [3.8, 4) is 0 Å². The summed E-state index contributed by atoms with van der Waals surface area (Å²) in [6, 6.07) is 0. The molecule has 20 heavy (non-hydrogen) atoms. The Balaban J connectivity index is 2.20. The zero-order chi connectivity index (χ0) is 14.8. The molecule has 1 heterocycles. The molecule has 2 N–H and O–H groups in total. The van der Waals surface area contributed by atoms with Crippen LogP contribution in [0.2, 0.25) is 0 Å². The summed E-state index contributed by atoms with van der Waals surface area (Å²) >= 11 is 0. The molecule has 0 aliphatic heterocycles. The van der Waals surface area contributed by atoms with Gasteiger partial charge in [-0.05, 0) is 31.1 Å². The lowest BCUT2D eigenvalue weighted by Crippen LogP contribution is -2.37. The first-order chi connectivity index (χ1) is 9.46. The van der Waals surface area contributed by atoms with Gasteiger partial charge in [0.25, 0.3) is 5.89 Å². The van der Waals surface area contributed by atoms with Crippen molar-refractivity contribution in [3.63, 3.8) is 0 Å². The second kappa shape index (κ2) is 5.79. The van der Waals surface area contributed by atoms with Gasteiger partial charge in [0.15, 0.2) is 0 Å². The molecule has 2 rings (SSSR count). The molecule has 1 aromatic heterocycles. The Labute approximate surface area is 120 Å². The zero-order valence-corrected chi connectivity index (χ0v) is 12.8. The summed E-state index contributed by atoms with van der Waals surface area (Å²) in [5.41, 5.74) is 5.53. The van der Waals surface area contributed by atoms with Gasteiger partial charge in [0.1, 0.15) is 11.7 Å². The number of hydrogen-bond donors (Lipinski definition) is 1. The van der Waals surface area contributed by atoms with Crippen molar-refractivity contribution in [2.45, 2.75) is 51.2 Å². The van der Waals surface area contributed by atoms with Crippen molar-refractivity contribution >= 4 is 0 Å². The van der Waals surface area contributed by atoms with Crippen LogP contribution in [0.25, 0.3) is 0 Å². The molecule has 6 nitrogen and oxygen atoms in total. The highest BCUT2D eigenvalue weighted by atomic mass is 16.5. The van der Waals surface area contributed by atoms with Crippen molar-refractivity contribution in [1.82, 2.24) is 10.1 Å². The van der Waals surface area contributed by atoms with E-state index in [2.05, 4.69) is 24.0 Å². The highest BCUT2D eigenvalue weighted by molar-refractivity contribution is 5.06. The van der Waals surface area contributed by atoms with E-state index in [4.69, 9.17) is 19.7 Å². The highest BCUT2D eigenvalue weighted by Gasteiger charge is 2.43. The molecular weight excluding hydrogens is 258 g/mol. The smallest absolute Gasteiger partial charge is 0.257 e. The standard InChI is InChI=1S/C14H25N3O3/c1-13(2)5-7-14(19-4,8-6-13)12-16-11(20-17-12)10(9-15)18-3/h10H,5-9,15H2,1-4H3. The predicted octanol–water partition coefficient (Wildman–Crippen LogP) is 2.16. The van der Waals surface area contributed by atoms with E-state index >= 15 is 0 Å². The molecule has 1 fully saturated rings. The Morgan fingerprint density at radius 3 is 2.40 bits per heavy atom. The largest absolute Gasteiger partial charge is 0.370 e. The summed E-state index contributed by atoms with van der Waals surface area (Å²) in [4.78, 5) is 4.46. The van der Waals surface area contributed by atoms with Gasteiger partial charge in [-0.15, -0.1) is 0 Å². The maximum Gasteiger partial charge on any atom is 0.257 e. The topological polar surface area (TPSA) is 83.4 Å². The van der Waals surface area contributed by atoms with E-state index in [0.717, 1.165) is 25.7 Å². The Kier molecular flexibility index (Phi) is 4.46. The minimum absolute atomic E-state index is 0.311. The summed E-state index contributed by atoms with van der Waals surface area (Å²) in [7, 11) is 3.29. The average molecular weight is 283 g/mol. The lowest BCUT2D eigenvalue weighted by atomic mass is 9.70. The van der Waals surface area contributed by atoms with E-state index < -0.39 is 5.60 Å². The summed E-state index contributed by atoms with van der Waals surface area (Å²) in [6.07, 6.45) is 3.60. The first-order valence-electron chi connectivity index (χ1n) is 7.08. The molecule has 1 atom stereocenters. The van der Waals surface area contributed by atoms with Gasteiger partial charge in [0, 0.05) is 20.8 Å². The third kappa shape index (κ3) is 2.87. The van der Waals surface area contributed by atoms with Crippen LogP contribution in [0.4, 0.5) is 0 Å². The summed E-state index contributed by atoms with van der Waals surface area (Å²) in [5.74, 6) is 1.03. The lowest BCUT2D eigenvalue weighted by Gasteiger charge is -2.40. The molecule has 114 valence electrons. The zero-order valence-electron chi connectivity index (χ0n) is 12.8. The summed E-state index contributed by atoms with van der Waals surface area (Å²) in [6.45, 7) is 4.87. The van der Waals surface area contributed by atoms with Gasteiger partial charge in [-0.1, -0.05) is 19.0 Å². The molecular formula is C14H25N3O3. The van der Waals surface area contributed by atoms with Gasteiger partial charge in [0.05, 0.1) is 0 Å². The quantitative estimate of drug-likeness (QED) is 0.891. The lowest BCUT2D eigenvalue weighted by molar-refractivity contribution is -0.0740. The normalized spacial score (nSPS) is 22.6. The predicted molar refractivity (Wildman–Crippen MR) is 74.0 cm³/mol. The van der Waals surface area contributed by atoms with Crippen LogP contribution in [0, 0.1) is 5.41 Å². The average Bonchev–Trinajstić information content (AvgIpc) is 2.91. The van der Waals surface area contributed by atoms with Crippen LogP contribution < -0.4 is 5.73 Å². The van der Waals surface area contributed by atoms with Crippen LogP contribution in [-0.2, 0) is 15.1 Å². The van der Waals surface area contributed by atoms with Gasteiger partial charge in [-0.2, -0.15) is 4.98 Å². The fourth-order valence-electron chi connectivity index (χ4n) is 2.70. The molecule has 6 heteroatoms. The van der Waals surface area contributed by atoms with Gasteiger partial charge in [0.2, 0.25) is 5.82 Å². The van der Waals surface area contributed by atoms with Crippen LogP contribution >= 0.6 is 0 Å². The van der Waals surface area contributed by atoms with Gasteiger partial charge in [-0.3, -0.25) is 0 Å². The molecule has 0 bridgehead atoms. The molecule has 1 aliphatic rings. The Hall–Kier alpha value is -0.980. The van der Waals surface area contributed by atoms with E-state index in [1.807, 2.05) is 0 Å². The van der Waals surface area contributed by atoms with Gasteiger partial charge < -0.3 is 19.7 Å². The van der Waals surface area contributed by atoms with E-state index in [1.54, 1.807) is 14.2 Å². The number of rotatable bonds is 5. The number of methoxy groups -OCH3 is 2. The number of aromatic nitrogens is 2. The van der Waals surface area contributed by atoms with Crippen LogP contribution in [0.15, 0.2) is 4.52 Å². The van der Waals surface area contributed by atoms with Crippen molar-refractivity contribution in [3.05, 3.63) is 11.7 Å². The van der Waals surface area contributed by atoms with Crippen LogP contribution in [0.5, 0.6) is 0 Å². The van der Waals surface area contributed by atoms with Crippen molar-refractivity contribution in [2.75, 3.05) is 20.8 Å². The molecule has 1 saturated carbocycles. The molecule has 1 unspecified atom stereocenters. The Morgan fingerprint density at radius 1 is 1.25 bits per heavy atom. The molecule has 0 saturated heterocycles. The van der Waals surface area contributed by atoms with Crippen LogP contribution in [0.3, 0.4) is 0 Å². The number of nitrogens with two attached hydrogens (primary N) is 1. The highest BCUT2D eigenvalue weighted by Crippen LogP contribution is 2.46. The first kappa shape index (κ1) is 15.4. The Bertz CT molecular complexity index is 431. The second-order valence-electron chi connectivity index (χ2n) is 6.28. The molecule has 0 aromatic carbocycles. The van der Waals surface area contributed by atoms with E-state index in [-0.39, 0.29) is 6.10 Å². The monoisotopic (exact) mass is 283 g/mol. The van der Waals surface area contributed by atoms with E-state index in [0.29, 0.717) is 23.7 Å². The number of hydrogen-bond acceptors (Lipinski definition) is 6. The van der Waals surface area contributed by atoms with Crippen molar-refractivity contribution < 1.29 is 14.0 Å². The number of ether oxygens (including phenoxy) is 2. The van der Waals surface area contributed by atoms with Crippen LogP contribution in [-0.4, -0.2) is 30.9 Å². The minimum atomic E-state index is -0.440. The maximum absolute atomic E-state index is 5.76. The molecule has 0 spiro atoms. The number of nitrogens with zero attached hydrogens (tertiary/aromatic N) is 2. The third-order valence-electron chi connectivity index (χ3n) is 4.43. The maximum atomic E-state index is 5.76. The fourth-order valence-corrected chi connectivity index (χ4v) is 2.70. The van der Waals surface area contributed by atoms with Gasteiger partial charge >= 0.3 is 0 Å². The minimum Gasteiger partial charge on any atom is -0.370 e. The molecule has 0 amide bonds. The van der Waals surface area contributed by atoms with E-state index in [1.165, 1.54) is 0 Å². The SMILES string of the molecule is COC(CN)c1nc(C2(OC)CCC(C)(C)CC2)no1. The van der Waals surface area contributed by atoms with Gasteiger partial charge in [-0.25, -0.2) is 0 Å². The Morgan fingerprint density at radius 2 is 1.90 bits per heavy atom. The third-order valence-corrected chi connectivity index (χ3v) is 4.43. The first-order valence-corrected chi connectivity index (χ1v) is 7.08. The van der Waals surface area contributed by atoms with Crippen molar-refractivity contribution in [2.24, 2.45) is 11.1 Å².